The molecule has 13 heteroatoms. The number of nitro groups is 1. The van der Waals surface area contributed by atoms with Crippen LogP contribution in [-0.2, 0) is 6.54 Å². The lowest BCUT2D eigenvalue weighted by Crippen LogP contribution is -2.39. The fraction of sp³-hybridized carbons (Fsp3) is 0.250. The van der Waals surface area contributed by atoms with Gasteiger partial charge in [-0.1, -0.05) is 29.8 Å². The number of methoxy groups -OCH3 is 2. The monoisotopic (exact) mass is 578 g/mol. The second-order valence-corrected chi connectivity index (χ2v) is 9.76. The Morgan fingerprint density at radius 2 is 1.90 bits per heavy atom. The maximum atomic E-state index is 12.7. The van der Waals surface area contributed by atoms with Gasteiger partial charge in [-0.15, -0.1) is 0 Å². The Balaban J connectivity index is 1.26. The number of urea groups is 1. The number of hydrogen-bond acceptors (Lipinski definition) is 9. The highest BCUT2D eigenvalue weighted by Gasteiger charge is 2.26. The first kappa shape index (κ1) is 27.9. The lowest BCUT2D eigenvalue weighted by atomic mass is 10.2. The molecule has 12 nitrogen and oxygen atoms in total. The molecule has 1 unspecified atom stereocenters. The number of nitrogens with zero attached hydrogens (tertiary/aromatic N) is 4. The van der Waals surface area contributed by atoms with E-state index >= 15 is 0 Å². The van der Waals surface area contributed by atoms with Crippen LogP contribution in [0, 0.1) is 10.1 Å². The summed E-state index contributed by atoms with van der Waals surface area (Å²) in [6, 6.07) is 14.5. The van der Waals surface area contributed by atoms with Gasteiger partial charge in [0.2, 0.25) is 5.88 Å². The molecule has 1 saturated heterocycles. The van der Waals surface area contributed by atoms with Crippen molar-refractivity contribution >= 4 is 39.9 Å². The van der Waals surface area contributed by atoms with Crippen LogP contribution in [0.15, 0.2) is 60.9 Å². The summed E-state index contributed by atoms with van der Waals surface area (Å²) in [5, 5.41) is 18.6. The van der Waals surface area contributed by atoms with Crippen molar-refractivity contribution in [3.63, 3.8) is 0 Å². The molecule has 0 radical (unpaired) electrons. The molecule has 1 atom stereocenters. The quantitative estimate of drug-likeness (QED) is 0.197. The fourth-order valence-corrected chi connectivity index (χ4v) is 4.88. The smallest absolute Gasteiger partial charge is 0.319 e. The lowest BCUT2D eigenvalue weighted by Gasteiger charge is -2.18. The number of nitrogens with one attached hydrogen (secondary N) is 2. The summed E-state index contributed by atoms with van der Waals surface area (Å²) in [5.74, 6) is 1.26. The van der Waals surface area contributed by atoms with Gasteiger partial charge in [-0.3, -0.25) is 15.0 Å². The molecule has 0 aliphatic carbocycles. The third-order valence-electron chi connectivity index (χ3n) is 6.69. The second-order valence-electron chi connectivity index (χ2n) is 9.35. The molecule has 1 fully saturated rings. The Hall–Kier alpha value is -4.68. The van der Waals surface area contributed by atoms with Crippen LogP contribution in [0.1, 0.15) is 12.0 Å². The predicted octanol–water partition coefficient (Wildman–Crippen LogP) is 5.40. The number of anilines is 1. The number of benzene rings is 3. The van der Waals surface area contributed by atoms with Crippen molar-refractivity contribution in [1.82, 2.24) is 20.2 Å². The van der Waals surface area contributed by atoms with Crippen molar-refractivity contribution in [2.45, 2.75) is 19.0 Å². The first-order valence-corrected chi connectivity index (χ1v) is 13.1. The number of carbonyl (C=O) groups is 1. The summed E-state index contributed by atoms with van der Waals surface area (Å²) in [4.78, 5) is 34.6. The molecule has 212 valence electrons. The molecule has 41 heavy (non-hydrogen) atoms. The summed E-state index contributed by atoms with van der Waals surface area (Å²) in [5.41, 5.74) is 1.26. The van der Waals surface area contributed by atoms with E-state index in [1.165, 1.54) is 38.7 Å². The van der Waals surface area contributed by atoms with Gasteiger partial charge in [0.05, 0.1) is 36.1 Å². The minimum Gasteiger partial charge on any atom is -0.493 e. The molecule has 2 N–H and O–H groups in total. The number of aromatic nitrogens is 2. The molecule has 0 saturated carbocycles. The molecular formula is C28H27ClN6O6. The largest absolute Gasteiger partial charge is 0.493 e. The van der Waals surface area contributed by atoms with Crippen LogP contribution >= 0.6 is 11.6 Å². The Morgan fingerprint density at radius 1 is 1.12 bits per heavy atom. The van der Waals surface area contributed by atoms with Gasteiger partial charge < -0.3 is 24.8 Å². The van der Waals surface area contributed by atoms with Crippen molar-refractivity contribution in [2.75, 3.05) is 32.6 Å². The molecule has 1 aromatic heterocycles. The average Bonchev–Trinajstić information content (AvgIpc) is 3.40. The topological polar surface area (TPSA) is 141 Å². The molecule has 1 aliphatic heterocycles. The first-order valence-electron chi connectivity index (χ1n) is 12.7. The number of rotatable bonds is 9. The number of ether oxygens (including phenoxy) is 3. The molecule has 3 aromatic carbocycles. The summed E-state index contributed by atoms with van der Waals surface area (Å²) < 4.78 is 16.6. The number of amides is 2. The maximum absolute atomic E-state index is 12.7. The van der Waals surface area contributed by atoms with E-state index < -0.39 is 11.0 Å². The van der Waals surface area contributed by atoms with Crippen LogP contribution in [0.3, 0.4) is 0 Å². The molecule has 0 spiro atoms. The van der Waals surface area contributed by atoms with Crippen molar-refractivity contribution < 1.29 is 23.9 Å². The zero-order valence-corrected chi connectivity index (χ0v) is 23.1. The van der Waals surface area contributed by atoms with Crippen LogP contribution in [0.4, 0.5) is 16.2 Å². The molecule has 2 amide bonds. The molecule has 4 aromatic rings. The van der Waals surface area contributed by atoms with Crippen LogP contribution in [0.5, 0.6) is 23.1 Å². The highest BCUT2D eigenvalue weighted by Crippen LogP contribution is 2.37. The highest BCUT2D eigenvalue weighted by molar-refractivity contribution is 6.31. The predicted molar refractivity (Wildman–Crippen MR) is 153 cm³/mol. The number of likely N-dealkylation sites (tertiary alicyclic amines) is 1. The van der Waals surface area contributed by atoms with Gasteiger partial charge in [0.15, 0.2) is 11.5 Å². The minimum absolute atomic E-state index is 0.0321. The Kier molecular flexibility index (Phi) is 8.31. The first-order chi connectivity index (χ1) is 19.8. The van der Waals surface area contributed by atoms with E-state index in [1.807, 2.05) is 24.3 Å². The van der Waals surface area contributed by atoms with Gasteiger partial charge in [0, 0.05) is 36.8 Å². The van der Waals surface area contributed by atoms with Gasteiger partial charge in [-0.05, 0) is 36.2 Å². The van der Waals surface area contributed by atoms with E-state index in [0.717, 1.165) is 18.5 Å². The number of fused-ring (bicyclic) bond motifs is 1. The summed E-state index contributed by atoms with van der Waals surface area (Å²) in [7, 11) is 3.02. The highest BCUT2D eigenvalue weighted by atomic mass is 35.5. The molecule has 5 rings (SSSR count). The van der Waals surface area contributed by atoms with Gasteiger partial charge in [-0.2, -0.15) is 0 Å². The van der Waals surface area contributed by atoms with Crippen LogP contribution in [0.2, 0.25) is 5.02 Å². The zero-order valence-electron chi connectivity index (χ0n) is 22.3. The third-order valence-corrected chi connectivity index (χ3v) is 7.06. The van der Waals surface area contributed by atoms with E-state index in [-0.39, 0.29) is 29.0 Å². The van der Waals surface area contributed by atoms with Crippen LogP contribution < -0.4 is 24.8 Å². The molecule has 0 bridgehead atoms. The maximum Gasteiger partial charge on any atom is 0.319 e. The minimum atomic E-state index is -0.588. The van der Waals surface area contributed by atoms with Crippen molar-refractivity contribution in [3.05, 3.63) is 81.6 Å². The SMILES string of the molecule is COc1cc2ncnc(Oc3ccc(NC(=O)NC4CCN(Cc5ccccc5Cl)C4)c([N+](=O)[O-])c3)c2cc1OC. The molecular weight excluding hydrogens is 552 g/mol. The Labute approximate surface area is 240 Å². The number of halogens is 1. The van der Waals surface area contributed by atoms with E-state index in [1.54, 1.807) is 12.1 Å². The lowest BCUT2D eigenvalue weighted by molar-refractivity contribution is -0.384. The second kappa shape index (κ2) is 12.2. The number of carbonyl (C=O) groups excluding carboxylic acids is 1. The van der Waals surface area contributed by atoms with Gasteiger partial charge in [0.1, 0.15) is 17.8 Å². The summed E-state index contributed by atoms with van der Waals surface area (Å²) >= 11 is 6.27. The molecule has 1 aliphatic rings. The average molecular weight is 579 g/mol. The van der Waals surface area contributed by atoms with Crippen LogP contribution in [-0.4, -0.2) is 59.2 Å². The number of nitro benzene ring substituents is 1. The zero-order chi connectivity index (χ0) is 28.9. The molecule has 2 heterocycles. The third kappa shape index (κ3) is 6.39. The van der Waals surface area contributed by atoms with Gasteiger partial charge >= 0.3 is 6.03 Å². The fourth-order valence-electron chi connectivity index (χ4n) is 4.69. The van der Waals surface area contributed by atoms with Crippen molar-refractivity contribution in [2.24, 2.45) is 0 Å². The van der Waals surface area contributed by atoms with E-state index in [4.69, 9.17) is 25.8 Å². The standard InChI is InChI=1S/C28H27ClN6O6/c1-39-25-12-20-23(13-26(25)40-2)30-16-31-27(20)41-19-7-8-22(24(11-19)35(37)38)33-28(36)32-18-9-10-34(15-18)14-17-5-3-4-6-21(17)29/h3-8,11-13,16,18H,9-10,14-15H2,1-2H3,(H2,32,33,36). The Morgan fingerprint density at radius 3 is 2.66 bits per heavy atom. The van der Waals surface area contributed by atoms with E-state index in [9.17, 15) is 14.9 Å². The summed E-state index contributed by atoms with van der Waals surface area (Å²) in [6.45, 7) is 2.10. The summed E-state index contributed by atoms with van der Waals surface area (Å²) in [6.07, 6.45) is 2.06. The van der Waals surface area contributed by atoms with Gasteiger partial charge in [-0.25, -0.2) is 14.8 Å². The van der Waals surface area contributed by atoms with Crippen LogP contribution in [0.25, 0.3) is 10.9 Å². The van der Waals surface area contributed by atoms with Crippen molar-refractivity contribution in [1.29, 1.82) is 0 Å². The Bertz CT molecular complexity index is 1600. The normalized spacial score (nSPS) is 15.0. The van der Waals surface area contributed by atoms with E-state index in [0.29, 0.717) is 40.5 Å². The van der Waals surface area contributed by atoms with E-state index in [2.05, 4.69) is 25.5 Å². The number of hydrogen-bond donors (Lipinski definition) is 2. The van der Waals surface area contributed by atoms with Gasteiger partial charge in [0.25, 0.3) is 5.69 Å². The van der Waals surface area contributed by atoms with Crippen molar-refractivity contribution in [3.8, 4) is 23.1 Å².